The molecular weight excluding hydrogens is 202 g/mol. The minimum Gasteiger partial charge on any atom is -0.412 e. The Morgan fingerprint density at radius 3 is 1.56 bits per heavy atom. The molecule has 3 nitrogen and oxygen atoms in total. The Bertz CT molecular complexity index is 114. The molecule has 16 heavy (non-hydrogen) atoms. The lowest BCUT2D eigenvalue weighted by Crippen LogP contribution is -2.30. The molecule has 1 saturated heterocycles. The Labute approximate surface area is 101 Å². The highest BCUT2D eigenvalue weighted by Gasteiger charge is 2.06. The van der Waals surface area contributed by atoms with E-state index in [1.54, 1.807) is 0 Å². The lowest BCUT2D eigenvalue weighted by atomic mass is 9.91. The molecule has 1 unspecified atom stereocenters. The van der Waals surface area contributed by atoms with Gasteiger partial charge in [-0.2, -0.15) is 0 Å². The molecule has 0 spiro atoms. The van der Waals surface area contributed by atoms with Gasteiger partial charge in [0.25, 0.3) is 0 Å². The van der Waals surface area contributed by atoms with E-state index in [2.05, 4.69) is 19.2 Å². The first-order valence-electron chi connectivity index (χ1n) is 6.52. The summed E-state index contributed by atoms with van der Waals surface area (Å²) in [5.41, 5.74) is 0. The molecule has 0 aromatic carbocycles. The van der Waals surface area contributed by atoms with E-state index in [1.165, 1.54) is 57.9 Å². The first-order chi connectivity index (χ1) is 6.79. The third kappa shape index (κ3) is 9.13. The summed E-state index contributed by atoms with van der Waals surface area (Å²) in [6.07, 6.45) is 11.6. The van der Waals surface area contributed by atoms with Gasteiger partial charge < -0.3 is 16.3 Å². The SMILES string of the molecule is CC1CCCCC1.CC1CCCCN1.O.O. The fraction of sp³-hybridized carbons (Fsp3) is 1.00. The number of hydrogen-bond donors (Lipinski definition) is 1. The number of rotatable bonds is 0. The van der Waals surface area contributed by atoms with E-state index in [1.807, 2.05) is 0 Å². The van der Waals surface area contributed by atoms with Crippen molar-refractivity contribution >= 4 is 0 Å². The standard InChI is InChI=1S/C7H14.C6H13N.2H2O/c1-7-5-3-2-4-6-7;1-6-4-2-3-5-7-6;;/h7H,2-6H2,1H3;6-7H,2-5H2,1H3;2*1H2. The second kappa shape index (κ2) is 11.4. The number of piperidine rings is 1. The second-order valence-electron chi connectivity index (χ2n) is 5.09. The Balaban J connectivity index is 0. The van der Waals surface area contributed by atoms with Crippen molar-refractivity contribution in [2.75, 3.05) is 6.54 Å². The van der Waals surface area contributed by atoms with Crippen LogP contribution >= 0.6 is 0 Å². The Hall–Kier alpha value is -0.120. The number of hydrogen-bond acceptors (Lipinski definition) is 1. The Morgan fingerprint density at radius 2 is 1.31 bits per heavy atom. The van der Waals surface area contributed by atoms with Gasteiger partial charge in [-0.1, -0.05) is 45.4 Å². The molecule has 1 aliphatic heterocycles. The molecule has 1 aliphatic carbocycles. The van der Waals surface area contributed by atoms with E-state index >= 15 is 0 Å². The lowest BCUT2D eigenvalue weighted by molar-refractivity contribution is 0.385. The normalized spacial score (nSPS) is 25.5. The van der Waals surface area contributed by atoms with Gasteiger partial charge in [0.15, 0.2) is 0 Å². The summed E-state index contributed by atoms with van der Waals surface area (Å²) in [7, 11) is 0. The zero-order valence-corrected chi connectivity index (χ0v) is 11.0. The van der Waals surface area contributed by atoms with Crippen LogP contribution in [0.5, 0.6) is 0 Å². The summed E-state index contributed by atoms with van der Waals surface area (Å²) < 4.78 is 0. The maximum Gasteiger partial charge on any atom is 0.00387 e. The molecule has 0 aromatic rings. The molecule has 1 heterocycles. The summed E-state index contributed by atoms with van der Waals surface area (Å²) in [5.74, 6) is 1.04. The molecule has 3 heteroatoms. The summed E-state index contributed by atoms with van der Waals surface area (Å²) in [4.78, 5) is 0. The molecule has 2 fully saturated rings. The summed E-state index contributed by atoms with van der Waals surface area (Å²) >= 11 is 0. The highest BCUT2D eigenvalue weighted by molar-refractivity contribution is 4.65. The topological polar surface area (TPSA) is 75.0 Å². The zero-order chi connectivity index (χ0) is 10.2. The van der Waals surface area contributed by atoms with Crippen LogP contribution in [0.2, 0.25) is 0 Å². The van der Waals surface area contributed by atoms with Crippen LogP contribution < -0.4 is 5.32 Å². The third-order valence-corrected chi connectivity index (χ3v) is 3.45. The van der Waals surface area contributed by atoms with Gasteiger partial charge in [-0.15, -0.1) is 0 Å². The van der Waals surface area contributed by atoms with Crippen LogP contribution in [0.3, 0.4) is 0 Å². The van der Waals surface area contributed by atoms with Crippen molar-refractivity contribution in [2.24, 2.45) is 5.92 Å². The minimum atomic E-state index is 0. The molecule has 2 rings (SSSR count). The first kappa shape index (κ1) is 18.3. The molecule has 1 atom stereocenters. The van der Waals surface area contributed by atoms with Crippen molar-refractivity contribution in [3.63, 3.8) is 0 Å². The van der Waals surface area contributed by atoms with Gasteiger partial charge in [0.2, 0.25) is 0 Å². The van der Waals surface area contributed by atoms with E-state index in [0.29, 0.717) is 0 Å². The van der Waals surface area contributed by atoms with E-state index < -0.39 is 0 Å². The first-order valence-corrected chi connectivity index (χ1v) is 6.52. The van der Waals surface area contributed by atoms with Crippen molar-refractivity contribution in [3.05, 3.63) is 0 Å². The Kier molecular flexibility index (Phi) is 13.0. The maximum atomic E-state index is 3.38. The largest absolute Gasteiger partial charge is 0.412 e. The van der Waals surface area contributed by atoms with Crippen molar-refractivity contribution in [1.82, 2.24) is 5.32 Å². The van der Waals surface area contributed by atoms with Crippen LogP contribution in [-0.2, 0) is 0 Å². The van der Waals surface area contributed by atoms with Crippen LogP contribution in [-0.4, -0.2) is 23.5 Å². The van der Waals surface area contributed by atoms with Crippen molar-refractivity contribution in [1.29, 1.82) is 0 Å². The van der Waals surface area contributed by atoms with Crippen LogP contribution in [0.1, 0.15) is 65.2 Å². The Morgan fingerprint density at radius 1 is 0.750 bits per heavy atom. The van der Waals surface area contributed by atoms with Gasteiger partial charge in [-0.3, -0.25) is 0 Å². The predicted octanol–water partition coefficient (Wildman–Crippen LogP) is 2.09. The van der Waals surface area contributed by atoms with Gasteiger partial charge >= 0.3 is 0 Å². The van der Waals surface area contributed by atoms with Gasteiger partial charge in [-0.05, 0) is 32.2 Å². The monoisotopic (exact) mass is 233 g/mol. The van der Waals surface area contributed by atoms with Gasteiger partial charge in [0.05, 0.1) is 0 Å². The van der Waals surface area contributed by atoms with Crippen LogP contribution in [0.4, 0.5) is 0 Å². The van der Waals surface area contributed by atoms with Gasteiger partial charge in [-0.25, -0.2) is 0 Å². The molecule has 0 amide bonds. The molecular formula is C13H31NO2. The van der Waals surface area contributed by atoms with Crippen LogP contribution in [0.15, 0.2) is 0 Å². The van der Waals surface area contributed by atoms with Crippen LogP contribution in [0.25, 0.3) is 0 Å². The quantitative estimate of drug-likeness (QED) is 0.683. The van der Waals surface area contributed by atoms with E-state index in [4.69, 9.17) is 0 Å². The average molecular weight is 233 g/mol. The lowest BCUT2D eigenvalue weighted by Gasteiger charge is -2.18. The molecule has 2 aliphatic rings. The molecule has 0 radical (unpaired) electrons. The molecule has 5 N–H and O–H groups in total. The fourth-order valence-corrected chi connectivity index (χ4v) is 2.33. The maximum absolute atomic E-state index is 3.38. The van der Waals surface area contributed by atoms with Crippen molar-refractivity contribution in [3.8, 4) is 0 Å². The van der Waals surface area contributed by atoms with Crippen molar-refractivity contribution < 1.29 is 11.0 Å². The summed E-state index contributed by atoms with van der Waals surface area (Å²) in [6.45, 7) is 5.85. The minimum absolute atomic E-state index is 0. The fourth-order valence-electron chi connectivity index (χ4n) is 2.33. The van der Waals surface area contributed by atoms with E-state index in [0.717, 1.165) is 12.0 Å². The number of nitrogens with one attached hydrogen (secondary N) is 1. The third-order valence-electron chi connectivity index (χ3n) is 3.45. The molecule has 100 valence electrons. The molecule has 1 saturated carbocycles. The van der Waals surface area contributed by atoms with E-state index in [-0.39, 0.29) is 11.0 Å². The average Bonchev–Trinajstić information content (AvgIpc) is 2.21. The summed E-state index contributed by atoms with van der Waals surface area (Å²) in [5, 5.41) is 3.38. The smallest absolute Gasteiger partial charge is 0.00387 e. The highest BCUT2D eigenvalue weighted by atomic mass is 16.0. The van der Waals surface area contributed by atoms with E-state index in [9.17, 15) is 0 Å². The van der Waals surface area contributed by atoms with Gasteiger partial charge in [0, 0.05) is 6.04 Å². The predicted molar refractivity (Wildman–Crippen MR) is 70.8 cm³/mol. The summed E-state index contributed by atoms with van der Waals surface area (Å²) in [6, 6.07) is 0.786. The second-order valence-corrected chi connectivity index (χ2v) is 5.09. The van der Waals surface area contributed by atoms with Crippen molar-refractivity contribution in [2.45, 2.75) is 71.3 Å². The van der Waals surface area contributed by atoms with Gasteiger partial charge in [0.1, 0.15) is 0 Å². The zero-order valence-electron chi connectivity index (χ0n) is 11.0. The highest BCUT2D eigenvalue weighted by Crippen LogP contribution is 2.22. The molecule has 0 aromatic heterocycles. The van der Waals surface area contributed by atoms with Crippen LogP contribution in [0, 0.1) is 5.92 Å². The molecule has 0 bridgehead atoms.